The molecule has 2 rings (SSSR count). The van der Waals surface area contributed by atoms with Gasteiger partial charge in [0, 0.05) is 10.7 Å². The lowest BCUT2D eigenvalue weighted by Crippen LogP contribution is -2.41. The Morgan fingerprint density at radius 1 is 1.13 bits per heavy atom. The van der Waals surface area contributed by atoms with Crippen LogP contribution in [-0.2, 0) is 4.79 Å². The summed E-state index contributed by atoms with van der Waals surface area (Å²) in [4.78, 5) is 24.2. The monoisotopic (exact) mass is 332 g/mol. The smallest absolute Gasteiger partial charge is 0.255 e. The van der Waals surface area contributed by atoms with E-state index < -0.39 is 11.9 Å². The van der Waals surface area contributed by atoms with Crippen LogP contribution < -0.4 is 10.6 Å². The number of hydrogen-bond donors (Lipinski definition) is 3. The van der Waals surface area contributed by atoms with Gasteiger partial charge in [-0.3, -0.25) is 9.59 Å². The van der Waals surface area contributed by atoms with E-state index >= 15 is 0 Å². The molecule has 0 aliphatic carbocycles. The summed E-state index contributed by atoms with van der Waals surface area (Å²) >= 11 is 5.81. The van der Waals surface area contributed by atoms with Gasteiger partial charge in [-0.05, 0) is 44.2 Å². The first-order chi connectivity index (χ1) is 10.9. The summed E-state index contributed by atoms with van der Waals surface area (Å²) in [5, 5.41) is 15.3. The molecule has 0 radical (unpaired) electrons. The Morgan fingerprint density at radius 3 is 2.43 bits per heavy atom. The van der Waals surface area contributed by atoms with Gasteiger partial charge in [0.1, 0.15) is 11.8 Å². The number of carbonyl (C=O) groups is 2. The predicted octanol–water partition coefficient (Wildman–Crippen LogP) is 3.11. The molecule has 0 spiro atoms. The maximum absolute atomic E-state index is 12.1. The van der Waals surface area contributed by atoms with E-state index in [9.17, 15) is 14.7 Å². The Labute approximate surface area is 139 Å². The third kappa shape index (κ3) is 4.47. The highest BCUT2D eigenvalue weighted by Crippen LogP contribution is 2.21. The van der Waals surface area contributed by atoms with Gasteiger partial charge in [-0.1, -0.05) is 29.3 Å². The van der Waals surface area contributed by atoms with Crippen LogP contribution in [0.3, 0.4) is 0 Å². The lowest BCUT2D eigenvalue weighted by Gasteiger charge is -2.15. The van der Waals surface area contributed by atoms with E-state index in [-0.39, 0.29) is 17.2 Å². The fourth-order valence-corrected chi connectivity index (χ4v) is 2.09. The van der Waals surface area contributed by atoms with Crippen molar-refractivity contribution >= 4 is 29.1 Å². The van der Waals surface area contributed by atoms with Crippen molar-refractivity contribution in [3.63, 3.8) is 0 Å². The Hall–Kier alpha value is -2.53. The van der Waals surface area contributed by atoms with Crippen LogP contribution in [-0.4, -0.2) is 23.0 Å². The van der Waals surface area contributed by atoms with E-state index in [1.54, 1.807) is 19.1 Å². The van der Waals surface area contributed by atoms with Crippen LogP contribution in [0.1, 0.15) is 22.8 Å². The molecule has 0 saturated heterocycles. The second-order valence-corrected chi connectivity index (χ2v) is 5.65. The second kappa shape index (κ2) is 7.15. The Balaban J connectivity index is 2.01. The summed E-state index contributed by atoms with van der Waals surface area (Å²) in [6.45, 7) is 3.51. The number of phenolic OH excluding ortho intramolecular Hbond substituents is 1. The average molecular weight is 333 g/mol. The number of nitrogens with one attached hydrogen (secondary N) is 2. The molecular weight excluding hydrogens is 316 g/mol. The molecule has 0 aromatic heterocycles. The van der Waals surface area contributed by atoms with E-state index in [2.05, 4.69) is 10.6 Å². The lowest BCUT2D eigenvalue weighted by molar-refractivity contribution is -0.117. The number of hydrogen-bond acceptors (Lipinski definition) is 3. The molecule has 5 nitrogen and oxygen atoms in total. The molecular formula is C17H17ClN2O3. The number of amides is 2. The molecule has 0 bridgehead atoms. The van der Waals surface area contributed by atoms with Crippen molar-refractivity contribution in [1.82, 2.24) is 5.32 Å². The highest BCUT2D eigenvalue weighted by atomic mass is 35.5. The highest BCUT2D eigenvalue weighted by molar-refractivity contribution is 6.31. The number of carbonyl (C=O) groups excluding carboxylic acids is 2. The van der Waals surface area contributed by atoms with Crippen molar-refractivity contribution in [2.24, 2.45) is 0 Å². The standard InChI is InChI=1S/C17H17ClN2O3/c1-10-3-6-13(7-4-10)20-16(22)11(2)19-17(23)14-9-12(18)5-8-15(14)21/h3-9,11,21H,1-2H3,(H,19,23)(H,20,22)/t11-/m0/s1. The molecule has 0 aliphatic heterocycles. The van der Waals surface area contributed by atoms with Gasteiger partial charge in [0.25, 0.3) is 5.91 Å². The summed E-state index contributed by atoms with van der Waals surface area (Å²) < 4.78 is 0. The van der Waals surface area contributed by atoms with Gasteiger partial charge in [-0.25, -0.2) is 0 Å². The van der Waals surface area contributed by atoms with Crippen LogP contribution in [0.15, 0.2) is 42.5 Å². The Kier molecular flexibility index (Phi) is 5.24. The zero-order valence-corrected chi connectivity index (χ0v) is 13.5. The van der Waals surface area contributed by atoms with Crippen molar-refractivity contribution < 1.29 is 14.7 Å². The summed E-state index contributed by atoms with van der Waals surface area (Å²) in [5.74, 6) is -1.13. The Bertz CT molecular complexity index is 729. The maximum Gasteiger partial charge on any atom is 0.255 e. The SMILES string of the molecule is Cc1ccc(NC(=O)[C@H](C)NC(=O)c2cc(Cl)ccc2O)cc1. The van der Waals surface area contributed by atoms with Crippen LogP contribution in [0.5, 0.6) is 5.75 Å². The zero-order valence-electron chi connectivity index (χ0n) is 12.8. The first-order valence-corrected chi connectivity index (χ1v) is 7.41. The molecule has 2 aromatic rings. The number of phenols is 1. The average Bonchev–Trinajstić information content (AvgIpc) is 2.51. The van der Waals surface area contributed by atoms with Crippen LogP contribution in [0.2, 0.25) is 5.02 Å². The van der Waals surface area contributed by atoms with Crippen molar-refractivity contribution in [2.45, 2.75) is 19.9 Å². The number of benzene rings is 2. The molecule has 3 N–H and O–H groups in total. The minimum Gasteiger partial charge on any atom is -0.507 e. The fraction of sp³-hybridized carbons (Fsp3) is 0.176. The molecule has 23 heavy (non-hydrogen) atoms. The maximum atomic E-state index is 12.1. The number of anilines is 1. The number of aryl methyl sites for hydroxylation is 1. The fourth-order valence-electron chi connectivity index (χ4n) is 1.92. The van der Waals surface area contributed by atoms with E-state index in [0.717, 1.165) is 5.56 Å². The van der Waals surface area contributed by atoms with Gasteiger partial charge >= 0.3 is 0 Å². The van der Waals surface area contributed by atoms with Crippen molar-refractivity contribution in [1.29, 1.82) is 0 Å². The summed E-state index contributed by atoms with van der Waals surface area (Å²) in [5.41, 5.74) is 1.75. The van der Waals surface area contributed by atoms with Crippen molar-refractivity contribution in [3.05, 3.63) is 58.6 Å². The molecule has 2 amide bonds. The van der Waals surface area contributed by atoms with E-state index in [4.69, 9.17) is 11.6 Å². The van der Waals surface area contributed by atoms with Crippen molar-refractivity contribution in [3.8, 4) is 5.75 Å². The normalized spacial score (nSPS) is 11.6. The largest absolute Gasteiger partial charge is 0.507 e. The third-order valence-electron chi connectivity index (χ3n) is 3.26. The molecule has 0 heterocycles. The number of aromatic hydroxyl groups is 1. The number of halogens is 1. The Morgan fingerprint density at radius 2 is 1.78 bits per heavy atom. The van der Waals surface area contributed by atoms with Gasteiger partial charge in [0.15, 0.2) is 0 Å². The van der Waals surface area contributed by atoms with Gasteiger partial charge in [0.05, 0.1) is 5.56 Å². The van der Waals surface area contributed by atoms with Gasteiger partial charge in [-0.15, -0.1) is 0 Å². The van der Waals surface area contributed by atoms with Crippen LogP contribution in [0, 0.1) is 6.92 Å². The van der Waals surface area contributed by atoms with Gasteiger partial charge in [0.2, 0.25) is 5.91 Å². The highest BCUT2D eigenvalue weighted by Gasteiger charge is 2.19. The summed E-state index contributed by atoms with van der Waals surface area (Å²) in [7, 11) is 0. The molecule has 0 saturated carbocycles. The van der Waals surface area contributed by atoms with Crippen LogP contribution in [0.25, 0.3) is 0 Å². The summed E-state index contributed by atoms with van der Waals surface area (Å²) in [6, 6.07) is 10.7. The topological polar surface area (TPSA) is 78.4 Å². The molecule has 0 unspecified atom stereocenters. The first-order valence-electron chi connectivity index (χ1n) is 7.03. The number of rotatable bonds is 4. The molecule has 0 fully saturated rings. The van der Waals surface area contributed by atoms with E-state index in [1.807, 2.05) is 19.1 Å². The molecule has 6 heteroatoms. The predicted molar refractivity (Wildman–Crippen MR) is 89.9 cm³/mol. The second-order valence-electron chi connectivity index (χ2n) is 5.21. The zero-order chi connectivity index (χ0) is 17.0. The first kappa shape index (κ1) is 16.8. The van der Waals surface area contributed by atoms with Gasteiger partial charge in [-0.2, -0.15) is 0 Å². The van der Waals surface area contributed by atoms with E-state index in [1.165, 1.54) is 18.2 Å². The quantitative estimate of drug-likeness (QED) is 0.805. The molecule has 0 aliphatic rings. The minimum atomic E-state index is -0.776. The van der Waals surface area contributed by atoms with E-state index in [0.29, 0.717) is 10.7 Å². The van der Waals surface area contributed by atoms with Crippen molar-refractivity contribution in [2.75, 3.05) is 5.32 Å². The third-order valence-corrected chi connectivity index (χ3v) is 3.50. The summed E-state index contributed by atoms with van der Waals surface area (Å²) in [6.07, 6.45) is 0. The van der Waals surface area contributed by atoms with Crippen LogP contribution in [0.4, 0.5) is 5.69 Å². The lowest BCUT2D eigenvalue weighted by atomic mass is 10.1. The molecule has 120 valence electrons. The van der Waals surface area contributed by atoms with Gasteiger partial charge < -0.3 is 15.7 Å². The van der Waals surface area contributed by atoms with Crippen LogP contribution >= 0.6 is 11.6 Å². The molecule has 2 aromatic carbocycles. The minimum absolute atomic E-state index is 0.0208. The molecule has 1 atom stereocenters.